The second-order valence-electron chi connectivity index (χ2n) is 4.02. The van der Waals surface area contributed by atoms with E-state index in [0.717, 1.165) is 17.2 Å². The molecule has 2 amide bonds. The summed E-state index contributed by atoms with van der Waals surface area (Å²) >= 11 is 0. The number of carbonyl (C=O) groups is 1. The van der Waals surface area contributed by atoms with E-state index in [1.807, 2.05) is 25.1 Å². The van der Waals surface area contributed by atoms with Crippen LogP contribution in [-0.4, -0.2) is 16.0 Å². The predicted molar refractivity (Wildman–Crippen MR) is 73.7 cm³/mol. The van der Waals surface area contributed by atoms with Crippen LogP contribution < -0.4 is 16.4 Å². The highest BCUT2D eigenvalue weighted by atomic mass is 16.2. The molecule has 98 valence electrons. The molecular formula is C13H15N5O. The number of nitrogens with zero attached hydrogens (tertiary/aromatic N) is 2. The van der Waals surface area contributed by atoms with Gasteiger partial charge in [0.05, 0.1) is 12.2 Å². The van der Waals surface area contributed by atoms with Crippen LogP contribution in [0.15, 0.2) is 36.5 Å². The Hall–Kier alpha value is -2.63. The van der Waals surface area contributed by atoms with Gasteiger partial charge in [-0.15, -0.1) is 0 Å². The van der Waals surface area contributed by atoms with Crippen LogP contribution in [-0.2, 0) is 6.54 Å². The lowest BCUT2D eigenvalue weighted by molar-refractivity contribution is 0.259. The van der Waals surface area contributed by atoms with Crippen molar-refractivity contribution in [3.63, 3.8) is 0 Å². The molecule has 6 heteroatoms. The molecule has 19 heavy (non-hydrogen) atoms. The van der Waals surface area contributed by atoms with Crippen LogP contribution in [0, 0.1) is 6.92 Å². The molecule has 0 spiro atoms. The third-order valence-electron chi connectivity index (χ3n) is 2.46. The Morgan fingerprint density at radius 1 is 1.21 bits per heavy atom. The van der Waals surface area contributed by atoms with E-state index in [4.69, 9.17) is 5.73 Å². The average Bonchev–Trinajstić information content (AvgIpc) is 2.37. The number of hydrogen-bond donors (Lipinski definition) is 3. The number of aromatic nitrogens is 2. The first kappa shape index (κ1) is 12.8. The number of urea groups is 1. The molecule has 0 aliphatic rings. The van der Waals surface area contributed by atoms with E-state index in [0.29, 0.717) is 12.2 Å². The third kappa shape index (κ3) is 3.95. The number of nitrogens with one attached hydrogen (secondary N) is 2. The molecule has 0 unspecified atom stereocenters. The van der Waals surface area contributed by atoms with Crippen molar-refractivity contribution in [2.75, 3.05) is 10.6 Å². The summed E-state index contributed by atoms with van der Waals surface area (Å²) in [6, 6.07) is 8.57. The normalized spacial score (nSPS) is 9.95. The molecule has 1 aromatic heterocycles. The van der Waals surface area contributed by atoms with E-state index < -0.39 is 6.03 Å². The van der Waals surface area contributed by atoms with Gasteiger partial charge < -0.3 is 16.4 Å². The summed E-state index contributed by atoms with van der Waals surface area (Å²) in [6.07, 6.45) is 1.74. The molecule has 6 nitrogen and oxygen atoms in total. The highest BCUT2D eigenvalue weighted by Crippen LogP contribution is 2.14. The second-order valence-corrected chi connectivity index (χ2v) is 4.02. The molecule has 1 aromatic carbocycles. The molecule has 0 fully saturated rings. The monoisotopic (exact) mass is 257 g/mol. The van der Waals surface area contributed by atoms with Gasteiger partial charge in [-0.3, -0.25) is 0 Å². The Balaban J connectivity index is 1.94. The van der Waals surface area contributed by atoms with Crippen LogP contribution in [0.1, 0.15) is 11.5 Å². The van der Waals surface area contributed by atoms with Crippen LogP contribution >= 0.6 is 0 Å². The Labute approximate surface area is 111 Å². The minimum absolute atomic E-state index is 0.572. The van der Waals surface area contributed by atoms with Crippen LogP contribution in [0.25, 0.3) is 0 Å². The van der Waals surface area contributed by atoms with E-state index >= 15 is 0 Å². The molecule has 4 N–H and O–H groups in total. The summed E-state index contributed by atoms with van der Waals surface area (Å²) in [6.45, 7) is 2.47. The maximum atomic E-state index is 10.7. The number of hydrogen-bond acceptors (Lipinski definition) is 4. The van der Waals surface area contributed by atoms with Gasteiger partial charge >= 0.3 is 6.03 Å². The fourth-order valence-corrected chi connectivity index (χ4v) is 1.61. The summed E-state index contributed by atoms with van der Waals surface area (Å²) in [5.41, 5.74) is 7.55. The highest BCUT2D eigenvalue weighted by molar-refractivity contribution is 5.87. The number of benzene rings is 1. The van der Waals surface area contributed by atoms with Crippen molar-refractivity contribution in [1.82, 2.24) is 9.97 Å². The SMILES string of the molecule is Cc1nccc(CNc2ccc(NC(N)=O)cc2)n1. The molecule has 0 bridgehead atoms. The Morgan fingerprint density at radius 3 is 2.53 bits per heavy atom. The topological polar surface area (TPSA) is 92.9 Å². The number of carbonyl (C=O) groups excluding carboxylic acids is 1. The molecular weight excluding hydrogens is 242 g/mol. The standard InChI is InChI=1S/C13H15N5O/c1-9-15-7-6-12(17-9)8-16-10-2-4-11(5-3-10)18-13(14)19/h2-7,16H,8H2,1H3,(H3,14,18,19). The van der Waals surface area contributed by atoms with Crippen molar-refractivity contribution in [3.8, 4) is 0 Å². The van der Waals surface area contributed by atoms with Gasteiger partial charge in [0.15, 0.2) is 0 Å². The zero-order valence-corrected chi connectivity index (χ0v) is 10.6. The van der Waals surface area contributed by atoms with E-state index in [9.17, 15) is 4.79 Å². The molecule has 2 rings (SSSR count). The first-order valence-electron chi connectivity index (χ1n) is 5.82. The molecule has 2 aromatic rings. The maximum Gasteiger partial charge on any atom is 0.316 e. The molecule has 0 aliphatic heterocycles. The minimum Gasteiger partial charge on any atom is -0.379 e. The Kier molecular flexibility index (Phi) is 3.92. The third-order valence-corrected chi connectivity index (χ3v) is 2.46. The maximum absolute atomic E-state index is 10.7. The van der Waals surface area contributed by atoms with E-state index in [-0.39, 0.29) is 0 Å². The number of rotatable bonds is 4. The Morgan fingerprint density at radius 2 is 1.89 bits per heavy atom. The summed E-state index contributed by atoms with van der Waals surface area (Å²) < 4.78 is 0. The lowest BCUT2D eigenvalue weighted by Crippen LogP contribution is -2.19. The van der Waals surface area contributed by atoms with Gasteiger partial charge in [0.25, 0.3) is 0 Å². The van der Waals surface area contributed by atoms with Crippen molar-refractivity contribution in [2.24, 2.45) is 5.73 Å². The van der Waals surface area contributed by atoms with Crippen LogP contribution in [0.5, 0.6) is 0 Å². The highest BCUT2D eigenvalue weighted by Gasteiger charge is 1.98. The molecule has 0 saturated heterocycles. The number of aryl methyl sites for hydroxylation is 1. The fourth-order valence-electron chi connectivity index (χ4n) is 1.61. The molecule has 0 aliphatic carbocycles. The lowest BCUT2D eigenvalue weighted by Gasteiger charge is -2.07. The van der Waals surface area contributed by atoms with Gasteiger partial charge in [-0.2, -0.15) is 0 Å². The summed E-state index contributed by atoms with van der Waals surface area (Å²) in [5.74, 6) is 0.750. The zero-order chi connectivity index (χ0) is 13.7. The second kappa shape index (κ2) is 5.81. The lowest BCUT2D eigenvalue weighted by atomic mass is 10.2. The van der Waals surface area contributed by atoms with Gasteiger partial charge in [0, 0.05) is 17.6 Å². The minimum atomic E-state index is -0.572. The van der Waals surface area contributed by atoms with Gasteiger partial charge in [-0.25, -0.2) is 14.8 Å². The van der Waals surface area contributed by atoms with Gasteiger partial charge in [-0.05, 0) is 37.3 Å². The van der Waals surface area contributed by atoms with Crippen molar-refractivity contribution in [2.45, 2.75) is 13.5 Å². The molecule has 0 atom stereocenters. The molecule has 0 radical (unpaired) electrons. The van der Waals surface area contributed by atoms with Crippen LogP contribution in [0.4, 0.5) is 16.2 Å². The fraction of sp³-hybridized carbons (Fsp3) is 0.154. The number of nitrogens with two attached hydrogens (primary N) is 1. The van der Waals surface area contributed by atoms with Crippen LogP contribution in [0.3, 0.4) is 0 Å². The summed E-state index contributed by atoms with van der Waals surface area (Å²) in [4.78, 5) is 19.0. The zero-order valence-electron chi connectivity index (χ0n) is 10.6. The van der Waals surface area contributed by atoms with E-state index in [1.54, 1.807) is 18.3 Å². The number of amides is 2. The van der Waals surface area contributed by atoms with Crippen molar-refractivity contribution >= 4 is 17.4 Å². The number of anilines is 2. The average molecular weight is 257 g/mol. The van der Waals surface area contributed by atoms with E-state index in [2.05, 4.69) is 20.6 Å². The first-order chi connectivity index (χ1) is 9.13. The van der Waals surface area contributed by atoms with Gasteiger partial charge in [-0.1, -0.05) is 0 Å². The smallest absolute Gasteiger partial charge is 0.316 e. The quantitative estimate of drug-likeness (QED) is 0.779. The largest absolute Gasteiger partial charge is 0.379 e. The number of primary amides is 1. The van der Waals surface area contributed by atoms with Crippen molar-refractivity contribution < 1.29 is 4.79 Å². The molecule has 1 heterocycles. The molecule has 0 saturated carbocycles. The summed E-state index contributed by atoms with van der Waals surface area (Å²) in [5, 5.41) is 5.74. The van der Waals surface area contributed by atoms with Gasteiger partial charge in [0.1, 0.15) is 5.82 Å². The van der Waals surface area contributed by atoms with Gasteiger partial charge in [0.2, 0.25) is 0 Å². The van der Waals surface area contributed by atoms with Crippen LogP contribution in [0.2, 0.25) is 0 Å². The first-order valence-corrected chi connectivity index (χ1v) is 5.82. The van der Waals surface area contributed by atoms with Crippen molar-refractivity contribution in [3.05, 3.63) is 48.0 Å². The predicted octanol–water partition coefficient (Wildman–Crippen LogP) is 1.89. The van der Waals surface area contributed by atoms with Crippen molar-refractivity contribution in [1.29, 1.82) is 0 Å². The Bertz CT molecular complexity index is 568. The van der Waals surface area contributed by atoms with E-state index in [1.165, 1.54) is 0 Å². The summed E-state index contributed by atoms with van der Waals surface area (Å²) in [7, 11) is 0.